The van der Waals surface area contributed by atoms with Crippen LogP contribution in [0.2, 0.25) is 0 Å². The highest BCUT2D eigenvalue weighted by atomic mass is 19.1. The third-order valence-electron chi connectivity index (χ3n) is 5.27. The maximum Gasteiger partial charge on any atom is 0.304 e. The summed E-state index contributed by atoms with van der Waals surface area (Å²) in [6.07, 6.45) is 4.55. The normalized spacial score (nSPS) is 12.0. The average Bonchev–Trinajstić information content (AvgIpc) is 3.31. The molecule has 0 amide bonds. The Kier molecular flexibility index (Phi) is 10.0. The number of nitrogens with zero attached hydrogens (tertiary/aromatic N) is 3. The summed E-state index contributed by atoms with van der Waals surface area (Å²) in [5, 5.41) is 20.2. The van der Waals surface area contributed by atoms with Crippen molar-refractivity contribution in [2.75, 3.05) is 19.8 Å². The second-order valence-electron chi connectivity index (χ2n) is 7.86. The van der Waals surface area contributed by atoms with E-state index in [0.717, 1.165) is 41.9 Å². The summed E-state index contributed by atoms with van der Waals surface area (Å²) in [5.74, 6) is -0.798. The van der Waals surface area contributed by atoms with Crippen LogP contribution in [0.25, 0.3) is 5.69 Å². The molecule has 1 atom stereocenters. The van der Waals surface area contributed by atoms with E-state index in [4.69, 9.17) is 9.84 Å². The van der Waals surface area contributed by atoms with Crippen molar-refractivity contribution in [2.24, 2.45) is 0 Å². The predicted molar refractivity (Wildman–Crippen MR) is 124 cm³/mol. The highest BCUT2D eigenvalue weighted by molar-refractivity contribution is 5.66. The molecule has 0 aliphatic carbocycles. The lowest BCUT2D eigenvalue weighted by Crippen LogP contribution is -2.20. The lowest BCUT2D eigenvalue weighted by molar-refractivity contribution is -0.136. The van der Waals surface area contributed by atoms with Crippen LogP contribution in [0.4, 0.5) is 4.39 Å². The number of alkyl halides is 1. The summed E-state index contributed by atoms with van der Waals surface area (Å²) < 4.78 is 20.3. The molecule has 0 bridgehead atoms. The van der Waals surface area contributed by atoms with Gasteiger partial charge in [-0.3, -0.25) is 9.18 Å². The van der Waals surface area contributed by atoms with Gasteiger partial charge in [0.25, 0.3) is 0 Å². The van der Waals surface area contributed by atoms with Crippen molar-refractivity contribution in [3.63, 3.8) is 0 Å². The van der Waals surface area contributed by atoms with Crippen LogP contribution in [0.5, 0.6) is 0 Å². The second kappa shape index (κ2) is 13.4. The Hall–Kier alpha value is -3.10. The third kappa shape index (κ3) is 8.40. The first kappa shape index (κ1) is 24.5. The number of carboxylic acids is 1. The number of carbonyl (C=O) groups is 1. The summed E-state index contributed by atoms with van der Waals surface area (Å²) in [5.41, 5.74) is 3.84. The molecule has 2 N–H and O–H groups in total. The number of hydrogen-bond donors (Lipinski definition) is 2. The number of nitrogens with one attached hydrogen (secondary N) is 1. The van der Waals surface area contributed by atoms with Crippen molar-refractivity contribution in [3.8, 4) is 5.69 Å². The minimum atomic E-state index is -0.798. The first-order valence-corrected chi connectivity index (χ1v) is 11.3. The van der Waals surface area contributed by atoms with E-state index < -0.39 is 5.97 Å². The van der Waals surface area contributed by atoms with E-state index in [0.29, 0.717) is 26.0 Å². The van der Waals surface area contributed by atoms with Crippen LogP contribution in [-0.2, 0) is 22.6 Å². The molecule has 7 nitrogen and oxygen atoms in total. The highest BCUT2D eigenvalue weighted by Crippen LogP contribution is 2.25. The summed E-state index contributed by atoms with van der Waals surface area (Å²) in [7, 11) is 0. The molecular weight excluding hydrogens is 423 g/mol. The Labute approximate surface area is 193 Å². The number of hydrogen-bond acceptors (Lipinski definition) is 5. The number of halogens is 1. The number of ether oxygens (including phenoxy) is 1. The fraction of sp³-hybridized carbons (Fsp3) is 0.400. The van der Waals surface area contributed by atoms with E-state index in [1.165, 1.54) is 0 Å². The Morgan fingerprint density at radius 3 is 2.61 bits per heavy atom. The number of aryl methyl sites for hydroxylation is 1. The van der Waals surface area contributed by atoms with Crippen LogP contribution in [0, 0.1) is 0 Å². The third-order valence-corrected chi connectivity index (χ3v) is 5.27. The van der Waals surface area contributed by atoms with Crippen LogP contribution in [0.1, 0.15) is 48.6 Å². The van der Waals surface area contributed by atoms with Crippen LogP contribution >= 0.6 is 0 Å². The number of aromatic nitrogens is 3. The van der Waals surface area contributed by atoms with E-state index in [1.807, 2.05) is 60.8 Å². The molecule has 1 heterocycles. The van der Waals surface area contributed by atoms with Crippen molar-refractivity contribution in [1.82, 2.24) is 20.3 Å². The standard InChI is InChI=1S/C25H31FN4O3/c26-15-4-8-22-18-30(29-28-22)23-12-10-21(11-13-23)24(9-5-16-27-17-14-25(31)32)33-19-20-6-2-1-3-7-20/h1-3,6-7,10-13,18,24,27H,4-5,8-9,14-17,19H2,(H,31,32). The molecule has 0 saturated heterocycles. The van der Waals surface area contributed by atoms with Gasteiger partial charge in [0.1, 0.15) is 0 Å². The average molecular weight is 455 g/mol. The summed E-state index contributed by atoms with van der Waals surface area (Å²) in [4.78, 5) is 10.6. The molecule has 176 valence electrons. The van der Waals surface area contributed by atoms with E-state index in [2.05, 4.69) is 15.6 Å². The van der Waals surface area contributed by atoms with Crippen molar-refractivity contribution in [2.45, 2.75) is 44.8 Å². The Bertz CT molecular complexity index is 963. The van der Waals surface area contributed by atoms with Gasteiger partial charge in [-0.2, -0.15) is 0 Å². The van der Waals surface area contributed by atoms with Crippen molar-refractivity contribution >= 4 is 5.97 Å². The minimum absolute atomic E-state index is 0.0867. The van der Waals surface area contributed by atoms with Crippen LogP contribution in [-0.4, -0.2) is 45.8 Å². The van der Waals surface area contributed by atoms with Crippen LogP contribution in [0.15, 0.2) is 60.8 Å². The molecular formula is C25H31FN4O3. The zero-order valence-electron chi connectivity index (χ0n) is 18.7. The topological polar surface area (TPSA) is 89.3 Å². The van der Waals surface area contributed by atoms with Crippen molar-refractivity contribution in [1.29, 1.82) is 0 Å². The SMILES string of the molecule is O=C(O)CCNCCCC(OCc1ccccc1)c1ccc(-n2cc(CCCF)nn2)cc1. The number of rotatable bonds is 15. The predicted octanol–water partition coefficient (Wildman–Crippen LogP) is 4.27. The summed E-state index contributed by atoms with van der Waals surface area (Å²) in [6, 6.07) is 18.1. The lowest BCUT2D eigenvalue weighted by atomic mass is 10.0. The van der Waals surface area contributed by atoms with Gasteiger partial charge in [-0.05, 0) is 55.5 Å². The van der Waals surface area contributed by atoms with Crippen molar-refractivity contribution < 1.29 is 19.0 Å². The molecule has 33 heavy (non-hydrogen) atoms. The zero-order valence-corrected chi connectivity index (χ0v) is 18.7. The van der Waals surface area contributed by atoms with Crippen LogP contribution in [0.3, 0.4) is 0 Å². The first-order valence-electron chi connectivity index (χ1n) is 11.3. The number of benzene rings is 2. The number of carboxylic acid groups (broad SMARTS) is 1. The van der Waals surface area contributed by atoms with E-state index in [-0.39, 0.29) is 19.2 Å². The molecule has 8 heteroatoms. The molecule has 0 spiro atoms. The largest absolute Gasteiger partial charge is 0.481 e. The molecule has 2 aromatic carbocycles. The van der Waals surface area contributed by atoms with Gasteiger partial charge in [0, 0.05) is 6.54 Å². The molecule has 0 fully saturated rings. The van der Waals surface area contributed by atoms with E-state index >= 15 is 0 Å². The van der Waals surface area contributed by atoms with Crippen LogP contribution < -0.4 is 5.32 Å². The quantitative estimate of drug-likeness (QED) is 0.333. The molecule has 3 aromatic rings. The molecule has 0 aliphatic heterocycles. The van der Waals surface area contributed by atoms with Gasteiger partial charge < -0.3 is 15.2 Å². The lowest BCUT2D eigenvalue weighted by Gasteiger charge is -2.19. The first-order chi connectivity index (χ1) is 16.2. The molecule has 1 unspecified atom stereocenters. The Balaban J connectivity index is 1.61. The summed E-state index contributed by atoms with van der Waals surface area (Å²) >= 11 is 0. The van der Waals surface area contributed by atoms with E-state index in [1.54, 1.807) is 4.68 Å². The minimum Gasteiger partial charge on any atom is -0.481 e. The van der Waals surface area contributed by atoms with Gasteiger partial charge in [-0.1, -0.05) is 47.7 Å². The Morgan fingerprint density at radius 2 is 1.88 bits per heavy atom. The van der Waals surface area contributed by atoms with Gasteiger partial charge in [0.2, 0.25) is 0 Å². The monoisotopic (exact) mass is 454 g/mol. The molecule has 0 aliphatic rings. The highest BCUT2D eigenvalue weighted by Gasteiger charge is 2.13. The molecule has 3 rings (SSSR count). The zero-order chi connectivity index (χ0) is 23.3. The number of aliphatic carboxylic acids is 1. The Morgan fingerprint density at radius 1 is 1.09 bits per heavy atom. The van der Waals surface area contributed by atoms with Crippen molar-refractivity contribution in [3.05, 3.63) is 77.6 Å². The van der Waals surface area contributed by atoms with Gasteiger partial charge >= 0.3 is 5.97 Å². The van der Waals surface area contributed by atoms with Gasteiger partial charge in [0.15, 0.2) is 0 Å². The molecule has 0 radical (unpaired) electrons. The second-order valence-corrected chi connectivity index (χ2v) is 7.86. The van der Waals surface area contributed by atoms with E-state index in [9.17, 15) is 9.18 Å². The smallest absolute Gasteiger partial charge is 0.304 e. The maximum atomic E-state index is 12.4. The fourth-order valence-corrected chi connectivity index (χ4v) is 3.48. The van der Waals surface area contributed by atoms with Gasteiger partial charge in [-0.15, -0.1) is 5.10 Å². The fourth-order valence-electron chi connectivity index (χ4n) is 3.48. The summed E-state index contributed by atoms with van der Waals surface area (Å²) in [6.45, 7) is 1.35. The maximum absolute atomic E-state index is 12.4. The van der Waals surface area contributed by atoms with Gasteiger partial charge in [0.05, 0.1) is 43.4 Å². The molecule has 1 aromatic heterocycles. The molecule has 0 saturated carbocycles. The van der Waals surface area contributed by atoms with Gasteiger partial charge in [-0.25, -0.2) is 4.68 Å².